The Kier molecular flexibility index (Phi) is 5.29. The van der Waals surface area contributed by atoms with Crippen LogP contribution in [-0.4, -0.2) is 17.5 Å². The average molecular weight is 281 g/mol. The Hall–Kier alpha value is -2.39. The fraction of sp³-hybridized carbons (Fsp3) is 0.167. The Morgan fingerprint density at radius 3 is 2.43 bits per heavy atom. The smallest absolute Gasteiger partial charge is 0.157 e. The zero-order valence-electron chi connectivity index (χ0n) is 12.1. The van der Waals surface area contributed by atoms with Gasteiger partial charge in [-0.05, 0) is 30.7 Å². The lowest BCUT2D eigenvalue weighted by atomic mass is 10.1. The molecule has 0 unspecified atom stereocenters. The highest BCUT2D eigenvalue weighted by Gasteiger charge is 2.05. The van der Waals surface area contributed by atoms with Crippen molar-refractivity contribution in [2.45, 2.75) is 13.3 Å². The molecule has 0 heterocycles. The van der Waals surface area contributed by atoms with E-state index in [4.69, 9.17) is 0 Å². The lowest BCUT2D eigenvalue weighted by Crippen LogP contribution is -2.21. The molecule has 21 heavy (non-hydrogen) atoms. The highest BCUT2D eigenvalue weighted by atomic mass is 16.5. The number of ketones is 1. The third-order valence-corrected chi connectivity index (χ3v) is 3.16. The van der Waals surface area contributed by atoms with E-state index in [-0.39, 0.29) is 18.7 Å². The molecule has 0 amide bonds. The molecule has 0 aromatic heterocycles. The molecular formula is C18H19NO2. The van der Waals surface area contributed by atoms with Crippen molar-refractivity contribution in [3.63, 3.8) is 0 Å². The highest BCUT2D eigenvalue weighted by molar-refractivity contribution is 5.93. The SMILES string of the molecule is Cc1ccc(N(O)CCC(=O)/C=C/c2ccccc2)cc1. The predicted molar refractivity (Wildman–Crippen MR) is 85.4 cm³/mol. The van der Waals surface area contributed by atoms with Crippen LogP contribution < -0.4 is 5.06 Å². The number of allylic oxidation sites excluding steroid dienone is 1. The minimum atomic E-state index is -0.00925. The molecule has 108 valence electrons. The standard InChI is InChI=1S/C18H19NO2/c1-15-7-10-17(11-8-15)19(21)14-13-18(20)12-9-16-5-3-2-4-6-16/h2-12,21H,13-14H2,1H3/b12-9+. The zero-order chi connectivity index (χ0) is 15.1. The van der Waals surface area contributed by atoms with E-state index in [9.17, 15) is 10.0 Å². The summed E-state index contributed by atoms with van der Waals surface area (Å²) in [6, 6.07) is 17.2. The van der Waals surface area contributed by atoms with Crippen molar-refractivity contribution in [2.75, 3.05) is 11.6 Å². The van der Waals surface area contributed by atoms with Gasteiger partial charge >= 0.3 is 0 Å². The minimum absolute atomic E-state index is 0.00925. The molecule has 0 bridgehead atoms. The first kappa shape index (κ1) is 15.0. The predicted octanol–water partition coefficient (Wildman–Crippen LogP) is 3.86. The van der Waals surface area contributed by atoms with E-state index < -0.39 is 0 Å². The van der Waals surface area contributed by atoms with Crippen molar-refractivity contribution < 1.29 is 10.0 Å². The normalized spacial score (nSPS) is 10.8. The topological polar surface area (TPSA) is 40.5 Å². The maximum Gasteiger partial charge on any atom is 0.157 e. The second-order valence-electron chi connectivity index (χ2n) is 4.92. The highest BCUT2D eigenvalue weighted by Crippen LogP contribution is 2.13. The summed E-state index contributed by atoms with van der Waals surface area (Å²) in [4.78, 5) is 11.8. The quantitative estimate of drug-likeness (QED) is 0.645. The lowest BCUT2D eigenvalue weighted by Gasteiger charge is -2.16. The van der Waals surface area contributed by atoms with Crippen LogP contribution in [0.1, 0.15) is 17.5 Å². The van der Waals surface area contributed by atoms with Crippen molar-refractivity contribution in [3.05, 3.63) is 71.8 Å². The van der Waals surface area contributed by atoms with Crippen molar-refractivity contribution in [2.24, 2.45) is 0 Å². The van der Waals surface area contributed by atoms with Crippen LogP contribution in [0.2, 0.25) is 0 Å². The number of anilines is 1. The number of nitrogens with zero attached hydrogens (tertiary/aromatic N) is 1. The second-order valence-corrected chi connectivity index (χ2v) is 4.92. The molecule has 2 aromatic carbocycles. The summed E-state index contributed by atoms with van der Waals surface area (Å²) in [7, 11) is 0. The monoisotopic (exact) mass is 281 g/mol. The molecule has 0 radical (unpaired) electrons. The average Bonchev–Trinajstić information content (AvgIpc) is 2.52. The van der Waals surface area contributed by atoms with E-state index in [1.165, 1.54) is 0 Å². The van der Waals surface area contributed by atoms with Gasteiger partial charge < -0.3 is 0 Å². The first-order chi connectivity index (χ1) is 10.1. The maximum atomic E-state index is 11.8. The second kappa shape index (κ2) is 7.41. The van der Waals surface area contributed by atoms with E-state index in [1.807, 2.05) is 61.5 Å². The van der Waals surface area contributed by atoms with Gasteiger partial charge in [-0.25, -0.2) is 0 Å². The first-order valence-electron chi connectivity index (χ1n) is 6.94. The van der Waals surface area contributed by atoms with Crippen molar-refractivity contribution in [1.29, 1.82) is 0 Å². The van der Waals surface area contributed by atoms with E-state index in [1.54, 1.807) is 12.2 Å². The zero-order valence-corrected chi connectivity index (χ0v) is 12.1. The fourth-order valence-corrected chi connectivity index (χ4v) is 1.90. The van der Waals surface area contributed by atoms with Crippen molar-refractivity contribution >= 4 is 17.5 Å². The van der Waals surface area contributed by atoms with Crippen LogP contribution in [0.3, 0.4) is 0 Å². The molecule has 0 aliphatic carbocycles. The molecule has 0 spiro atoms. The van der Waals surface area contributed by atoms with Gasteiger partial charge in [-0.2, -0.15) is 0 Å². The number of rotatable bonds is 6. The number of hydrogen-bond acceptors (Lipinski definition) is 3. The Bertz CT molecular complexity index is 603. The third kappa shape index (κ3) is 4.89. The summed E-state index contributed by atoms with van der Waals surface area (Å²) in [5, 5.41) is 11.0. The molecule has 2 aromatic rings. The van der Waals surface area contributed by atoms with Gasteiger partial charge in [0.2, 0.25) is 0 Å². The summed E-state index contributed by atoms with van der Waals surface area (Å²) in [5.41, 5.74) is 2.82. The van der Waals surface area contributed by atoms with Crippen LogP contribution in [0.15, 0.2) is 60.7 Å². The molecule has 0 saturated carbocycles. The minimum Gasteiger partial charge on any atom is -0.295 e. The lowest BCUT2D eigenvalue weighted by molar-refractivity contribution is -0.114. The first-order valence-corrected chi connectivity index (χ1v) is 6.94. The van der Waals surface area contributed by atoms with Gasteiger partial charge in [0.1, 0.15) is 0 Å². The molecule has 1 N–H and O–H groups in total. The fourth-order valence-electron chi connectivity index (χ4n) is 1.90. The Balaban J connectivity index is 1.83. The van der Waals surface area contributed by atoms with E-state index in [0.29, 0.717) is 5.69 Å². The van der Waals surface area contributed by atoms with Gasteiger partial charge in [0, 0.05) is 6.42 Å². The molecule has 0 aliphatic rings. The van der Waals surface area contributed by atoms with E-state index >= 15 is 0 Å². The van der Waals surface area contributed by atoms with Crippen LogP contribution in [0.4, 0.5) is 5.69 Å². The van der Waals surface area contributed by atoms with Crippen LogP contribution in [-0.2, 0) is 4.79 Å². The van der Waals surface area contributed by atoms with Gasteiger partial charge in [-0.1, -0.05) is 54.1 Å². The molecule has 0 atom stereocenters. The molecule has 3 heteroatoms. The Morgan fingerprint density at radius 1 is 1.10 bits per heavy atom. The molecule has 0 aliphatic heterocycles. The summed E-state index contributed by atoms with van der Waals surface area (Å²) in [6.45, 7) is 2.27. The van der Waals surface area contributed by atoms with Crippen LogP contribution in [0.5, 0.6) is 0 Å². The largest absolute Gasteiger partial charge is 0.295 e. The van der Waals surface area contributed by atoms with Crippen LogP contribution in [0.25, 0.3) is 6.08 Å². The van der Waals surface area contributed by atoms with Gasteiger partial charge in [0.15, 0.2) is 5.78 Å². The molecule has 2 rings (SSSR count). The van der Waals surface area contributed by atoms with Gasteiger partial charge in [-0.15, -0.1) is 0 Å². The summed E-state index contributed by atoms with van der Waals surface area (Å²) in [5.74, 6) is -0.00925. The number of hydrogen-bond donors (Lipinski definition) is 1. The number of carbonyl (C=O) groups is 1. The van der Waals surface area contributed by atoms with E-state index in [0.717, 1.165) is 16.2 Å². The molecule has 0 saturated heterocycles. The Morgan fingerprint density at radius 2 is 1.76 bits per heavy atom. The maximum absolute atomic E-state index is 11.8. The van der Waals surface area contributed by atoms with Crippen molar-refractivity contribution in [1.82, 2.24) is 0 Å². The third-order valence-electron chi connectivity index (χ3n) is 3.16. The number of hydroxylamine groups is 1. The van der Waals surface area contributed by atoms with Gasteiger partial charge in [0.25, 0.3) is 0 Å². The summed E-state index contributed by atoms with van der Waals surface area (Å²) >= 11 is 0. The number of aryl methyl sites for hydroxylation is 1. The number of carbonyl (C=O) groups excluding carboxylic acids is 1. The van der Waals surface area contributed by atoms with Gasteiger partial charge in [-0.3, -0.25) is 15.1 Å². The van der Waals surface area contributed by atoms with Crippen LogP contribution in [0, 0.1) is 6.92 Å². The summed E-state index contributed by atoms with van der Waals surface area (Å²) < 4.78 is 0. The Labute approximate surface area is 125 Å². The molecular weight excluding hydrogens is 262 g/mol. The van der Waals surface area contributed by atoms with Crippen molar-refractivity contribution in [3.8, 4) is 0 Å². The van der Waals surface area contributed by atoms with E-state index in [2.05, 4.69) is 0 Å². The molecule has 3 nitrogen and oxygen atoms in total. The number of benzene rings is 2. The van der Waals surface area contributed by atoms with Crippen LogP contribution >= 0.6 is 0 Å². The summed E-state index contributed by atoms with van der Waals surface area (Å²) in [6.07, 6.45) is 3.61. The van der Waals surface area contributed by atoms with Gasteiger partial charge in [0.05, 0.1) is 12.2 Å². The molecule has 0 fully saturated rings.